The third-order valence-corrected chi connectivity index (χ3v) is 5.19. The largest absolute Gasteiger partial charge is 0.373 e. The normalized spacial score (nSPS) is 24.4. The van der Waals surface area contributed by atoms with Crippen LogP contribution >= 0.6 is 24.0 Å². The Morgan fingerprint density at radius 2 is 2.08 bits per heavy atom. The molecule has 0 spiro atoms. The van der Waals surface area contributed by atoms with Gasteiger partial charge in [0.05, 0.1) is 5.60 Å². The van der Waals surface area contributed by atoms with E-state index in [1.165, 1.54) is 25.7 Å². The number of nitrogens with zero attached hydrogens (tertiary/aromatic N) is 4. The summed E-state index contributed by atoms with van der Waals surface area (Å²) >= 11 is 0. The molecule has 0 bridgehead atoms. The highest BCUT2D eigenvalue weighted by Gasteiger charge is 2.30. The highest BCUT2D eigenvalue weighted by Crippen LogP contribution is 2.24. The molecule has 0 amide bonds. The molecule has 1 saturated heterocycles. The van der Waals surface area contributed by atoms with E-state index in [-0.39, 0.29) is 29.6 Å². The average Bonchev–Trinajstić information content (AvgIpc) is 3.29. The third kappa shape index (κ3) is 5.54. The molecule has 1 saturated carbocycles. The van der Waals surface area contributed by atoms with E-state index in [4.69, 9.17) is 9.73 Å². The fourth-order valence-corrected chi connectivity index (χ4v) is 3.40. The Hall–Kier alpha value is -0.900. The number of hydrogen-bond acceptors (Lipinski definition) is 4. The van der Waals surface area contributed by atoms with Crippen LogP contribution in [0.1, 0.15) is 57.1 Å². The van der Waals surface area contributed by atoms with Crippen molar-refractivity contribution < 1.29 is 4.74 Å². The molecule has 7 nitrogen and oxygen atoms in total. The van der Waals surface area contributed by atoms with Crippen LogP contribution in [0, 0.1) is 6.92 Å². The molecule has 1 aliphatic heterocycles. The molecule has 1 atom stereocenters. The fraction of sp³-hybridized carbons (Fsp3) is 0.824. The van der Waals surface area contributed by atoms with E-state index in [0.29, 0.717) is 12.6 Å². The molecule has 3 rings (SSSR count). The van der Waals surface area contributed by atoms with Crippen molar-refractivity contribution in [2.24, 2.45) is 12.0 Å². The maximum Gasteiger partial charge on any atom is 0.192 e. The van der Waals surface area contributed by atoms with Crippen LogP contribution < -0.4 is 10.6 Å². The molecule has 2 heterocycles. The SMILES string of the molecule is Cc1nnc(CN=C(NCC2(C)CCCO2)NC2CCCC2)n1C.I. The Morgan fingerprint density at radius 1 is 1.32 bits per heavy atom. The van der Waals surface area contributed by atoms with Gasteiger partial charge in [0.25, 0.3) is 0 Å². The number of rotatable bonds is 5. The molecule has 25 heavy (non-hydrogen) atoms. The van der Waals surface area contributed by atoms with Crippen LogP contribution in [0.4, 0.5) is 0 Å². The Bertz CT molecular complexity index is 576. The van der Waals surface area contributed by atoms with Crippen LogP contribution in [0.5, 0.6) is 0 Å². The first-order chi connectivity index (χ1) is 11.6. The highest BCUT2D eigenvalue weighted by molar-refractivity contribution is 14.0. The summed E-state index contributed by atoms with van der Waals surface area (Å²) in [5.41, 5.74) is -0.0838. The lowest BCUT2D eigenvalue weighted by atomic mass is 10.0. The second-order valence-corrected chi connectivity index (χ2v) is 7.27. The topological polar surface area (TPSA) is 76.4 Å². The molecule has 1 aliphatic carbocycles. The smallest absolute Gasteiger partial charge is 0.192 e. The fourth-order valence-electron chi connectivity index (χ4n) is 3.40. The van der Waals surface area contributed by atoms with Gasteiger partial charge in [0.15, 0.2) is 11.8 Å². The summed E-state index contributed by atoms with van der Waals surface area (Å²) in [6, 6.07) is 0.523. The van der Waals surface area contributed by atoms with Crippen molar-refractivity contribution in [1.82, 2.24) is 25.4 Å². The molecule has 1 aromatic heterocycles. The van der Waals surface area contributed by atoms with Gasteiger partial charge in [0.2, 0.25) is 0 Å². The Morgan fingerprint density at radius 3 is 2.68 bits per heavy atom. The lowest BCUT2D eigenvalue weighted by Gasteiger charge is -2.26. The van der Waals surface area contributed by atoms with Gasteiger partial charge in [-0.3, -0.25) is 0 Å². The molecule has 0 radical (unpaired) electrons. The number of aryl methyl sites for hydroxylation is 1. The second kappa shape index (κ2) is 9.16. The molecule has 1 unspecified atom stereocenters. The zero-order valence-electron chi connectivity index (χ0n) is 15.5. The van der Waals surface area contributed by atoms with E-state index in [2.05, 4.69) is 27.8 Å². The maximum atomic E-state index is 5.87. The lowest BCUT2D eigenvalue weighted by molar-refractivity contribution is 0.0242. The van der Waals surface area contributed by atoms with Gasteiger partial charge in [-0.05, 0) is 39.5 Å². The molecular weight excluding hydrogens is 431 g/mol. The summed E-state index contributed by atoms with van der Waals surface area (Å²) in [5, 5.41) is 15.4. The summed E-state index contributed by atoms with van der Waals surface area (Å²) < 4.78 is 7.86. The molecule has 2 N–H and O–H groups in total. The standard InChI is InChI=1S/C17H30N6O.HI/c1-13-21-22-15(23(13)3)11-18-16(20-14-7-4-5-8-14)19-12-17(2)9-6-10-24-17;/h14H,4-12H2,1-3H3,(H2,18,19,20);1H. The van der Waals surface area contributed by atoms with E-state index in [0.717, 1.165) is 43.6 Å². The van der Waals surface area contributed by atoms with E-state index >= 15 is 0 Å². The van der Waals surface area contributed by atoms with Crippen molar-refractivity contribution in [1.29, 1.82) is 0 Å². The van der Waals surface area contributed by atoms with Gasteiger partial charge in [-0.15, -0.1) is 34.2 Å². The molecule has 2 fully saturated rings. The molecule has 0 aromatic carbocycles. The van der Waals surface area contributed by atoms with E-state index in [9.17, 15) is 0 Å². The number of hydrogen-bond donors (Lipinski definition) is 2. The van der Waals surface area contributed by atoms with Gasteiger partial charge in [0.1, 0.15) is 12.4 Å². The van der Waals surface area contributed by atoms with Gasteiger partial charge in [-0.25, -0.2) is 4.99 Å². The molecular formula is C17H31IN6O. The minimum Gasteiger partial charge on any atom is -0.373 e. The van der Waals surface area contributed by atoms with Crippen molar-refractivity contribution >= 4 is 29.9 Å². The molecule has 1 aromatic rings. The van der Waals surface area contributed by atoms with Crippen molar-refractivity contribution in [3.8, 4) is 0 Å². The Kier molecular flexibility index (Phi) is 7.48. The highest BCUT2D eigenvalue weighted by atomic mass is 127. The van der Waals surface area contributed by atoms with Gasteiger partial charge in [-0.1, -0.05) is 12.8 Å². The first kappa shape index (κ1) is 20.4. The van der Waals surface area contributed by atoms with Crippen LogP contribution in [0.3, 0.4) is 0 Å². The number of ether oxygens (including phenoxy) is 1. The zero-order chi connectivity index (χ0) is 17.0. The predicted octanol–water partition coefficient (Wildman–Crippen LogP) is 2.29. The summed E-state index contributed by atoms with van der Waals surface area (Å²) in [6.07, 6.45) is 7.27. The number of nitrogens with one attached hydrogen (secondary N) is 2. The maximum absolute atomic E-state index is 5.87. The van der Waals surface area contributed by atoms with E-state index in [1.807, 2.05) is 18.5 Å². The van der Waals surface area contributed by atoms with Crippen LogP contribution in [-0.2, 0) is 18.3 Å². The van der Waals surface area contributed by atoms with Crippen molar-refractivity contribution in [2.75, 3.05) is 13.2 Å². The average molecular weight is 462 g/mol. The predicted molar refractivity (Wildman–Crippen MR) is 109 cm³/mol. The number of guanidine groups is 1. The Balaban J connectivity index is 0.00000225. The molecule has 142 valence electrons. The van der Waals surface area contributed by atoms with Gasteiger partial charge >= 0.3 is 0 Å². The van der Waals surface area contributed by atoms with Crippen molar-refractivity contribution in [3.63, 3.8) is 0 Å². The molecule has 2 aliphatic rings. The van der Waals surface area contributed by atoms with Gasteiger partial charge in [-0.2, -0.15) is 0 Å². The number of aliphatic imine (C=N–C) groups is 1. The van der Waals surface area contributed by atoms with Crippen LogP contribution in [0.2, 0.25) is 0 Å². The summed E-state index contributed by atoms with van der Waals surface area (Å²) in [5.74, 6) is 2.65. The summed E-state index contributed by atoms with van der Waals surface area (Å²) in [7, 11) is 1.98. The minimum atomic E-state index is -0.0838. The van der Waals surface area contributed by atoms with Crippen molar-refractivity contribution in [2.45, 2.75) is 70.6 Å². The monoisotopic (exact) mass is 462 g/mol. The minimum absolute atomic E-state index is 0. The van der Waals surface area contributed by atoms with E-state index < -0.39 is 0 Å². The lowest BCUT2D eigenvalue weighted by Crippen LogP contribution is -2.48. The van der Waals surface area contributed by atoms with Gasteiger partial charge in [0, 0.05) is 26.2 Å². The third-order valence-electron chi connectivity index (χ3n) is 5.19. The van der Waals surface area contributed by atoms with E-state index in [1.54, 1.807) is 0 Å². The van der Waals surface area contributed by atoms with Crippen molar-refractivity contribution in [3.05, 3.63) is 11.6 Å². The first-order valence-electron chi connectivity index (χ1n) is 9.09. The van der Waals surface area contributed by atoms with Crippen LogP contribution in [0.15, 0.2) is 4.99 Å². The number of halogens is 1. The summed E-state index contributed by atoms with van der Waals surface area (Å²) in [4.78, 5) is 4.74. The second-order valence-electron chi connectivity index (χ2n) is 7.27. The number of aromatic nitrogens is 3. The first-order valence-corrected chi connectivity index (χ1v) is 9.09. The Labute approximate surface area is 167 Å². The van der Waals surface area contributed by atoms with Crippen LogP contribution in [-0.4, -0.2) is 45.5 Å². The van der Waals surface area contributed by atoms with Crippen LogP contribution in [0.25, 0.3) is 0 Å². The zero-order valence-corrected chi connectivity index (χ0v) is 17.9. The van der Waals surface area contributed by atoms with Gasteiger partial charge < -0.3 is 19.9 Å². The quantitative estimate of drug-likeness (QED) is 0.399. The molecule has 8 heteroatoms. The summed E-state index contributed by atoms with van der Waals surface area (Å²) in [6.45, 7) is 6.29.